The highest BCUT2D eigenvalue weighted by Crippen LogP contribution is 2.23. The Balaban J connectivity index is 1.88. The van der Waals surface area contributed by atoms with Crippen molar-refractivity contribution < 1.29 is 0 Å². The minimum atomic E-state index is 0.230. The van der Waals surface area contributed by atoms with E-state index in [-0.39, 0.29) is 6.04 Å². The second kappa shape index (κ2) is 8.49. The highest BCUT2D eigenvalue weighted by molar-refractivity contribution is 5.58. The summed E-state index contributed by atoms with van der Waals surface area (Å²) in [6, 6.07) is 8.80. The molecule has 1 aliphatic rings. The van der Waals surface area contributed by atoms with Gasteiger partial charge in [0.15, 0.2) is 0 Å². The van der Waals surface area contributed by atoms with E-state index in [1.807, 2.05) is 0 Å². The van der Waals surface area contributed by atoms with Gasteiger partial charge >= 0.3 is 0 Å². The van der Waals surface area contributed by atoms with Gasteiger partial charge in [-0.05, 0) is 62.8 Å². The molecule has 2 aromatic rings. The lowest BCUT2D eigenvalue weighted by molar-refractivity contribution is 0.503. The standard InChI is InChI=1S/C21H31N5/c1-4-5-8-18-13-20(26-9-6-7-17(22)14-26)25-21(23-18)24-19-11-15(2)10-16(3)12-19/h10-13,17H,4-9,14,22H2,1-3H3,(H,23,24,25). The quantitative estimate of drug-likeness (QED) is 0.818. The molecule has 5 heteroatoms. The minimum Gasteiger partial charge on any atom is -0.355 e. The van der Waals surface area contributed by atoms with Gasteiger partial charge < -0.3 is 16.0 Å². The first-order chi connectivity index (χ1) is 12.5. The van der Waals surface area contributed by atoms with Crippen LogP contribution >= 0.6 is 0 Å². The number of aryl methyl sites for hydroxylation is 3. The first kappa shape index (κ1) is 18.6. The lowest BCUT2D eigenvalue weighted by Gasteiger charge is -2.32. The number of piperidine rings is 1. The smallest absolute Gasteiger partial charge is 0.229 e. The number of aromatic nitrogens is 2. The Labute approximate surface area is 157 Å². The van der Waals surface area contributed by atoms with Gasteiger partial charge in [-0.1, -0.05) is 19.4 Å². The summed E-state index contributed by atoms with van der Waals surface area (Å²) < 4.78 is 0. The van der Waals surface area contributed by atoms with E-state index < -0.39 is 0 Å². The second-order valence-corrected chi connectivity index (χ2v) is 7.49. The lowest BCUT2D eigenvalue weighted by Crippen LogP contribution is -2.43. The summed E-state index contributed by atoms with van der Waals surface area (Å²) in [5.41, 5.74) is 10.8. The molecule has 0 radical (unpaired) electrons. The Hall–Kier alpha value is -2.14. The topological polar surface area (TPSA) is 67.1 Å². The van der Waals surface area contributed by atoms with Crippen LogP contribution in [0.5, 0.6) is 0 Å². The van der Waals surface area contributed by atoms with Gasteiger partial charge in [-0.2, -0.15) is 4.98 Å². The number of anilines is 3. The summed E-state index contributed by atoms with van der Waals surface area (Å²) in [7, 11) is 0. The zero-order chi connectivity index (χ0) is 18.5. The monoisotopic (exact) mass is 353 g/mol. The van der Waals surface area contributed by atoms with E-state index in [1.54, 1.807) is 0 Å². The molecule has 1 aromatic heterocycles. The normalized spacial score (nSPS) is 17.4. The summed E-state index contributed by atoms with van der Waals surface area (Å²) >= 11 is 0. The minimum absolute atomic E-state index is 0.230. The molecule has 26 heavy (non-hydrogen) atoms. The molecule has 2 heterocycles. The Bertz CT molecular complexity index is 723. The second-order valence-electron chi connectivity index (χ2n) is 7.49. The van der Waals surface area contributed by atoms with E-state index in [0.29, 0.717) is 5.95 Å². The van der Waals surface area contributed by atoms with Crippen LogP contribution in [0.1, 0.15) is 49.4 Å². The van der Waals surface area contributed by atoms with Crippen molar-refractivity contribution in [1.29, 1.82) is 0 Å². The summed E-state index contributed by atoms with van der Waals surface area (Å²) in [4.78, 5) is 11.9. The van der Waals surface area contributed by atoms with Crippen molar-refractivity contribution in [3.63, 3.8) is 0 Å². The molecule has 0 aliphatic carbocycles. The average molecular weight is 354 g/mol. The van der Waals surface area contributed by atoms with Crippen LogP contribution in [0.3, 0.4) is 0 Å². The highest BCUT2D eigenvalue weighted by Gasteiger charge is 2.19. The molecule has 1 atom stereocenters. The van der Waals surface area contributed by atoms with E-state index in [4.69, 9.17) is 15.7 Å². The fourth-order valence-electron chi connectivity index (χ4n) is 3.58. The molecule has 1 aromatic carbocycles. The molecule has 0 amide bonds. The van der Waals surface area contributed by atoms with Crippen molar-refractivity contribution in [2.45, 2.75) is 58.9 Å². The van der Waals surface area contributed by atoms with Crippen LogP contribution in [-0.2, 0) is 6.42 Å². The fraction of sp³-hybridized carbons (Fsp3) is 0.524. The van der Waals surface area contributed by atoms with Crippen molar-refractivity contribution >= 4 is 17.5 Å². The highest BCUT2D eigenvalue weighted by atomic mass is 15.2. The number of unbranched alkanes of at least 4 members (excludes halogenated alkanes) is 1. The van der Waals surface area contributed by atoms with E-state index in [0.717, 1.165) is 62.4 Å². The third-order valence-electron chi connectivity index (χ3n) is 4.81. The number of nitrogens with two attached hydrogens (primary N) is 1. The van der Waals surface area contributed by atoms with E-state index >= 15 is 0 Å². The maximum absolute atomic E-state index is 6.17. The lowest BCUT2D eigenvalue weighted by atomic mass is 10.1. The summed E-state index contributed by atoms with van der Waals surface area (Å²) in [5.74, 6) is 1.67. The zero-order valence-corrected chi connectivity index (χ0v) is 16.3. The molecule has 5 nitrogen and oxygen atoms in total. The number of rotatable bonds is 6. The molecular formula is C21H31N5. The van der Waals surface area contributed by atoms with Crippen LogP contribution in [-0.4, -0.2) is 29.1 Å². The van der Waals surface area contributed by atoms with Crippen LogP contribution in [0.25, 0.3) is 0 Å². The Kier molecular flexibility index (Phi) is 6.09. The third-order valence-corrected chi connectivity index (χ3v) is 4.81. The Morgan fingerprint density at radius 3 is 2.62 bits per heavy atom. The fourth-order valence-corrected chi connectivity index (χ4v) is 3.58. The molecule has 1 saturated heterocycles. The first-order valence-electron chi connectivity index (χ1n) is 9.77. The number of nitrogens with zero attached hydrogens (tertiary/aromatic N) is 3. The van der Waals surface area contributed by atoms with Gasteiger partial charge in [0.25, 0.3) is 0 Å². The first-order valence-corrected chi connectivity index (χ1v) is 9.77. The van der Waals surface area contributed by atoms with Crippen LogP contribution in [0, 0.1) is 13.8 Å². The average Bonchev–Trinajstić information content (AvgIpc) is 2.59. The van der Waals surface area contributed by atoms with Crippen molar-refractivity contribution in [3.8, 4) is 0 Å². The van der Waals surface area contributed by atoms with Crippen molar-refractivity contribution in [3.05, 3.63) is 41.1 Å². The largest absolute Gasteiger partial charge is 0.355 e. The molecule has 1 fully saturated rings. The number of hydrogen-bond donors (Lipinski definition) is 2. The van der Waals surface area contributed by atoms with E-state index in [9.17, 15) is 0 Å². The predicted octanol–water partition coefficient (Wildman–Crippen LogP) is 4.11. The summed E-state index contributed by atoms with van der Waals surface area (Å²) in [6.07, 6.45) is 5.49. The predicted molar refractivity (Wildman–Crippen MR) is 109 cm³/mol. The van der Waals surface area contributed by atoms with Gasteiger partial charge in [0.1, 0.15) is 5.82 Å². The number of hydrogen-bond acceptors (Lipinski definition) is 5. The van der Waals surface area contributed by atoms with Gasteiger partial charge in [0.2, 0.25) is 5.95 Å². The molecule has 140 valence electrons. The Morgan fingerprint density at radius 2 is 1.92 bits per heavy atom. The van der Waals surface area contributed by atoms with E-state index in [1.165, 1.54) is 11.1 Å². The van der Waals surface area contributed by atoms with Gasteiger partial charge in [-0.25, -0.2) is 4.98 Å². The maximum Gasteiger partial charge on any atom is 0.229 e. The maximum atomic E-state index is 6.17. The third kappa shape index (κ3) is 4.94. The van der Waals surface area contributed by atoms with Gasteiger partial charge in [0.05, 0.1) is 0 Å². The molecule has 0 bridgehead atoms. The Morgan fingerprint density at radius 1 is 1.15 bits per heavy atom. The van der Waals surface area contributed by atoms with Crippen LogP contribution < -0.4 is 16.0 Å². The molecule has 3 N–H and O–H groups in total. The summed E-state index contributed by atoms with van der Waals surface area (Å²) in [6.45, 7) is 8.31. The van der Waals surface area contributed by atoms with Crippen LogP contribution in [0.15, 0.2) is 24.3 Å². The van der Waals surface area contributed by atoms with Crippen LogP contribution in [0.4, 0.5) is 17.5 Å². The molecule has 1 aliphatic heterocycles. The molecular weight excluding hydrogens is 322 g/mol. The van der Waals surface area contributed by atoms with Gasteiger partial charge in [0, 0.05) is 36.6 Å². The molecule has 0 saturated carbocycles. The number of nitrogens with one attached hydrogen (secondary N) is 1. The van der Waals surface area contributed by atoms with Crippen molar-refractivity contribution in [2.24, 2.45) is 5.73 Å². The van der Waals surface area contributed by atoms with E-state index in [2.05, 4.69) is 55.3 Å². The van der Waals surface area contributed by atoms with Gasteiger partial charge in [-0.15, -0.1) is 0 Å². The SMILES string of the molecule is CCCCc1cc(N2CCCC(N)C2)nc(Nc2cc(C)cc(C)c2)n1. The van der Waals surface area contributed by atoms with Crippen molar-refractivity contribution in [1.82, 2.24) is 9.97 Å². The van der Waals surface area contributed by atoms with Crippen LogP contribution in [0.2, 0.25) is 0 Å². The molecule has 1 unspecified atom stereocenters. The number of benzene rings is 1. The summed E-state index contributed by atoms with van der Waals surface area (Å²) in [5, 5.41) is 3.41. The molecule has 3 rings (SSSR count). The zero-order valence-electron chi connectivity index (χ0n) is 16.3. The van der Waals surface area contributed by atoms with Gasteiger partial charge in [-0.3, -0.25) is 0 Å². The molecule has 0 spiro atoms. The van der Waals surface area contributed by atoms with Crippen molar-refractivity contribution in [2.75, 3.05) is 23.3 Å².